The van der Waals surface area contributed by atoms with Gasteiger partial charge in [0.05, 0.1) is 12.7 Å². The standard InChI is InChI=1S/C13H28N2O/c1-4-6-12(7-5-2)15-8-9-16-13(10-15)11(3)14/h11-13H,4-10,14H2,1-3H3. The number of morpholine rings is 1. The first-order valence-corrected chi connectivity index (χ1v) is 6.80. The molecule has 2 unspecified atom stereocenters. The van der Waals surface area contributed by atoms with Gasteiger partial charge in [-0.2, -0.15) is 0 Å². The van der Waals surface area contributed by atoms with Gasteiger partial charge >= 0.3 is 0 Å². The van der Waals surface area contributed by atoms with Crippen LogP contribution in [0.3, 0.4) is 0 Å². The van der Waals surface area contributed by atoms with E-state index in [0.29, 0.717) is 0 Å². The molecule has 0 aromatic rings. The first-order chi connectivity index (χ1) is 7.69. The average molecular weight is 228 g/mol. The molecule has 2 N–H and O–H groups in total. The topological polar surface area (TPSA) is 38.5 Å². The van der Waals surface area contributed by atoms with Crippen LogP contribution in [-0.4, -0.2) is 42.8 Å². The van der Waals surface area contributed by atoms with Crippen LogP contribution in [-0.2, 0) is 4.74 Å². The molecule has 3 nitrogen and oxygen atoms in total. The van der Waals surface area contributed by atoms with Gasteiger partial charge in [0.1, 0.15) is 0 Å². The third kappa shape index (κ3) is 4.04. The Morgan fingerprint density at radius 2 is 1.94 bits per heavy atom. The van der Waals surface area contributed by atoms with Crippen molar-refractivity contribution in [2.24, 2.45) is 5.73 Å². The van der Waals surface area contributed by atoms with Gasteiger partial charge in [-0.05, 0) is 19.8 Å². The van der Waals surface area contributed by atoms with Crippen LogP contribution < -0.4 is 5.73 Å². The molecule has 0 bridgehead atoms. The molecule has 1 aliphatic heterocycles. The molecule has 0 aromatic carbocycles. The van der Waals surface area contributed by atoms with Crippen LogP contribution in [0.1, 0.15) is 46.5 Å². The predicted molar refractivity (Wildman–Crippen MR) is 68.6 cm³/mol. The summed E-state index contributed by atoms with van der Waals surface area (Å²) in [6, 6.07) is 0.881. The minimum Gasteiger partial charge on any atom is -0.374 e. The molecule has 1 fully saturated rings. The fourth-order valence-corrected chi connectivity index (χ4v) is 2.52. The van der Waals surface area contributed by atoms with E-state index in [4.69, 9.17) is 10.5 Å². The van der Waals surface area contributed by atoms with E-state index in [0.717, 1.165) is 25.7 Å². The Morgan fingerprint density at radius 3 is 2.44 bits per heavy atom. The second-order valence-electron chi connectivity index (χ2n) is 4.99. The molecule has 0 aliphatic carbocycles. The molecule has 1 aliphatic rings. The highest BCUT2D eigenvalue weighted by molar-refractivity contribution is 4.82. The molecule has 0 spiro atoms. The van der Waals surface area contributed by atoms with Crippen molar-refractivity contribution in [2.75, 3.05) is 19.7 Å². The lowest BCUT2D eigenvalue weighted by Crippen LogP contribution is -2.52. The van der Waals surface area contributed by atoms with Gasteiger partial charge in [-0.3, -0.25) is 4.90 Å². The maximum atomic E-state index is 5.93. The molecule has 16 heavy (non-hydrogen) atoms. The summed E-state index contributed by atoms with van der Waals surface area (Å²) < 4.78 is 5.71. The molecular weight excluding hydrogens is 200 g/mol. The third-order valence-electron chi connectivity index (χ3n) is 3.47. The quantitative estimate of drug-likeness (QED) is 0.756. The summed E-state index contributed by atoms with van der Waals surface area (Å²) in [4.78, 5) is 2.59. The number of hydrogen-bond donors (Lipinski definition) is 1. The van der Waals surface area contributed by atoms with Gasteiger partial charge in [0.15, 0.2) is 0 Å². The zero-order valence-corrected chi connectivity index (χ0v) is 11.1. The Kier molecular flexibility index (Phi) is 6.32. The largest absolute Gasteiger partial charge is 0.374 e. The highest BCUT2D eigenvalue weighted by Gasteiger charge is 2.27. The molecule has 96 valence electrons. The van der Waals surface area contributed by atoms with Gasteiger partial charge in [-0.25, -0.2) is 0 Å². The minimum absolute atomic E-state index is 0.145. The highest BCUT2D eigenvalue weighted by atomic mass is 16.5. The van der Waals surface area contributed by atoms with Crippen molar-refractivity contribution in [3.05, 3.63) is 0 Å². The van der Waals surface area contributed by atoms with Crippen molar-refractivity contribution < 1.29 is 4.74 Å². The van der Waals surface area contributed by atoms with Gasteiger partial charge in [0, 0.05) is 25.2 Å². The van der Waals surface area contributed by atoms with Crippen molar-refractivity contribution in [3.8, 4) is 0 Å². The van der Waals surface area contributed by atoms with Crippen molar-refractivity contribution in [2.45, 2.75) is 64.6 Å². The molecule has 0 amide bonds. The summed E-state index contributed by atoms with van der Waals surface area (Å²) in [6.45, 7) is 9.52. The zero-order chi connectivity index (χ0) is 12.0. The Morgan fingerprint density at radius 1 is 1.31 bits per heavy atom. The molecular formula is C13H28N2O. The van der Waals surface area contributed by atoms with Crippen LogP contribution in [0.15, 0.2) is 0 Å². The average Bonchev–Trinajstić information content (AvgIpc) is 2.29. The number of hydrogen-bond acceptors (Lipinski definition) is 3. The molecule has 1 rings (SSSR count). The monoisotopic (exact) mass is 228 g/mol. The summed E-state index contributed by atoms with van der Waals surface area (Å²) in [5.41, 5.74) is 5.93. The van der Waals surface area contributed by atoms with Gasteiger partial charge in [0.25, 0.3) is 0 Å². The predicted octanol–water partition coefficient (Wildman–Crippen LogP) is 2.00. The summed E-state index contributed by atoms with van der Waals surface area (Å²) in [7, 11) is 0. The second kappa shape index (κ2) is 7.25. The number of rotatable bonds is 6. The lowest BCUT2D eigenvalue weighted by Gasteiger charge is -2.39. The fraction of sp³-hybridized carbons (Fsp3) is 1.00. The lowest BCUT2D eigenvalue weighted by atomic mass is 10.0. The summed E-state index contributed by atoms with van der Waals surface area (Å²) >= 11 is 0. The molecule has 0 saturated carbocycles. The van der Waals surface area contributed by atoms with Gasteiger partial charge < -0.3 is 10.5 Å². The maximum Gasteiger partial charge on any atom is 0.0850 e. The minimum atomic E-state index is 0.145. The number of ether oxygens (including phenoxy) is 1. The number of nitrogens with two attached hydrogens (primary N) is 1. The first kappa shape index (κ1) is 13.9. The van der Waals surface area contributed by atoms with E-state index < -0.39 is 0 Å². The van der Waals surface area contributed by atoms with Crippen LogP contribution >= 0.6 is 0 Å². The Balaban J connectivity index is 2.48. The van der Waals surface area contributed by atoms with E-state index in [2.05, 4.69) is 18.7 Å². The van der Waals surface area contributed by atoms with Crippen LogP contribution in [0.5, 0.6) is 0 Å². The summed E-state index contributed by atoms with van der Waals surface area (Å²) in [6.07, 6.45) is 5.37. The third-order valence-corrected chi connectivity index (χ3v) is 3.47. The van der Waals surface area contributed by atoms with Crippen molar-refractivity contribution >= 4 is 0 Å². The number of nitrogens with zero attached hydrogens (tertiary/aromatic N) is 1. The van der Waals surface area contributed by atoms with Gasteiger partial charge in [-0.15, -0.1) is 0 Å². The highest BCUT2D eigenvalue weighted by Crippen LogP contribution is 2.17. The van der Waals surface area contributed by atoms with E-state index in [1.165, 1.54) is 25.7 Å². The molecule has 1 saturated heterocycles. The molecule has 2 atom stereocenters. The molecule has 0 aromatic heterocycles. The first-order valence-electron chi connectivity index (χ1n) is 6.80. The summed E-state index contributed by atoms with van der Waals surface area (Å²) in [5.74, 6) is 0. The van der Waals surface area contributed by atoms with Crippen molar-refractivity contribution in [1.82, 2.24) is 4.90 Å². The van der Waals surface area contributed by atoms with Crippen molar-refractivity contribution in [1.29, 1.82) is 0 Å². The Labute approximate surface area is 100 Å². The van der Waals surface area contributed by atoms with Crippen LogP contribution in [0, 0.1) is 0 Å². The van der Waals surface area contributed by atoms with E-state index in [9.17, 15) is 0 Å². The van der Waals surface area contributed by atoms with Crippen LogP contribution in [0.4, 0.5) is 0 Å². The zero-order valence-electron chi connectivity index (χ0n) is 11.1. The van der Waals surface area contributed by atoms with Gasteiger partial charge in [-0.1, -0.05) is 26.7 Å². The Hall–Kier alpha value is -0.120. The lowest BCUT2D eigenvalue weighted by molar-refractivity contribution is -0.0538. The van der Waals surface area contributed by atoms with Crippen LogP contribution in [0.2, 0.25) is 0 Å². The van der Waals surface area contributed by atoms with Crippen molar-refractivity contribution in [3.63, 3.8) is 0 Å². The second-order valence-corrected chi connectivity index (χ2v) is 4.99. The maximum absolute atomic E-state index is 5.93. The smallest absolute Gasteiger partial charge is 0.0850 e. The van der Waals surface area contributed by atoms with E-state index in [-0.39, 0.29) is 12.1 Å². The SMILES string of the molecule is CCCC(CCC)N1CCOC(C(C)N)C1. The summed E-state index contributed by atoms with van der Waals surface area (Å²) in [5, 5.41) is 0. The van der Waals surface area contributed by atoms with E-state index >= 15 is 0 Å². The Bertz CT molecular complexity index is 179. The van der Waals surface area contributed by atoms with E-state index in [1.807, 2.05) is 6.92 Å². The molecule has 0 radical (unpaired) electrons. The molecule has 1 heterocycles. The van der Waals surface area contributed by atoms with Crippen LogP contribution in [0.25, 0.3) is 0 Å². The van der Waals surface area contributed by atoms with Gasteiger partial charge in [0.2, 0.25) is 0 Å². The fourth-order valence-electron chi connectivity index (χ4n) is 2.52. The molecule has 3 heteroatoms. The van der Waals surface area contributed by atoms with E-state index in [1.54, 1.807) is 0 Å². The normalized spacial score (nSPS) is 24.9.